The van der Waals surface area contributed by atoms with Gasteiger partial charge in [0.1, 0.15) is 11.4 Å². The molecule has 1 aliphatic heterocycles. The van der Waals surface area contributed by atoms with Gasteiger partial charge in [-0.25, -0.2) is 14.6 Å². The Kier molecular flexibility index (Phi) is 5.23. The molecule has 1 N–H and O–H groups in total. The summed E-state index contributed by atoms with van der Waals surface area (Å²) < 4.78 is 9.89. The first-order chi connectivity index (χ1) is 15.6. The Morgan fingerprint density at radius 2 is 1.75 bits per heavy atom. The minimum Gasteiger partial charge on any atom is -0.449 e. The molecule has 0 saturated carbocycles. The summed E-state index contributed by atoms with van der Waals surface area (Å²) in [5.41, 5.74) is 3.33. The quantitative estimate of drug-likeness (QED) is 0.479. The van der Waals surface area contributed by atoms with Crippen LogP contribution in [0.1, 0.15) is 30.5 Å². The Morgan fingerprint density at radius 1 is 1.00 bits per heavy atom. The number of anilines is 1. The van der Waals surface area contributed by atoms with E-state index >= 15 is 0 Å². The van der Waals surface area contributed by atoms with E-state index < -0.39 is 0 Å². The van der Waals surface area contributed by atoms with Crippen LogP contribution in [0.15, 0.2) is 71.7 Å². The molecule has 2 aromatic carbocycles. The van der Waals surface area contributed by atoms with Crippen LogP contribution in [0.25, 0.3) is 11.4 Å². The fourth-order valence-electron chi connectivity index (χ4n) is 4.09. The molecule has 1 atom stereocenters. The SMILES string of the molecule is Cc1ccccc1Oc1c(-c2ccnc(N[C@@H](C)c3ccccc3)n2)n2n(c1=O)CCC2. The van der Waals surface area contributed by atoms with Gasteiger partial charge in [0.15, 0.2) is 0 Å². The van der Waals surface area contributed by atoms with E-state index in [1.165, 1.54) is 0 Å². The lowest BCUT2D eigenvalue weighted by Gasteiger charge is -2.15. The maximum atomic E-state index is 13.2. The lowest BCUT2D eigenvalue weighted by molar-refractivity contribution is 0.472. The van der Waals surface area contributed by atoms with Gasteiger partial charge in [0.25, 0.3) is 0 Å². The fraction of sp³-hybridized carbons (Fsp3) is 0.240. The zero-order valence-corrected chi connectivity index (χ0v) is 18.2. The van der Waals surface area contributed by atoms with Gasteiger partial charge < -0.3 is 10.1 Å². The zero-order valence-electron chi connectivity index (χ0n) is 18.2. The number of hydrogen-bond acceptors (Lipinski definition) is 5. The normalized spacial score (nSPS) is 13.6. The Bertz CT molecular complexity index is 1310. The Balaban J connectivity index is 1.54. The van der Waals surface area contributed by atoms with Crippen molar-refractivity contribution >= 4 is 5.95 Å². The summed E-state index contributed by atoms with van der Waals surface area (Å²) in [6.45, 7) is 5.45. The first-order valence-electron chi connectivity index (χ1n) is 10.8. The highest BCUT2D eigenvalue weighted by Crippen LogP contribution is 2.34. The third-order valence-electron chi connectivity index (χ3n) is 5.78. The molecule has 162 valence electrons. The molecule has 0 amide bonds. The van der Waals surface area contributed by atoms with Crippen molar-refractivity contribution in [2.45, 2.75) is 39.4 Å². The molecule has 0 aliphatic carbocycles. The average molecular weight is 428 g/mol. The van der Waals surface area contributed by atoms with E-state index in [9.17, 15) is 4.79 Å². The minimum atomic E-state index is -0.133. The van der Waals surface area contributed by atoms with Gasteiger partial charge in [0.05, 0.1) is 11.7 Å². The van der Waals surface area contributed by atoms with E-state index in [2.05, 4.69) is 29.4 Å². The van der Waals surface area contributed by atoms with Crippen LogP contribution in [0, 0.1) is 6.92 Å². The Hall–Kier alpha value is -3.87. The Labute approximate surface area is 186 Å². The van der Waals surface area contributed by atoms with E-state index in [0.29, 0.717) is 35.4 Å². The molecular formula is C25H25N5O2. The van der Waals surface area contributed by atoms with E-state index in [0.717, 1.165) is 24.1 Å². The predicted octanol–water partition coefficient (Wildman–Crippen LogP) is 4.78. The van der Waals surface area contributed by atoms with Crippen molar-refractivity contribution < 1.29 is 4.74 Å². The van der Waals surface area contributed by atoms with Crippen molar-refractivity contribution in [2.75, 3.05) is 5.32 Å². The highest BCUT2D eigenvalue weighted by molar-refractivity contribution is 5.65. The third-order valence-corrected chi connectivity index (χ3v) is 5.78. The van der Waals surface area contributed by atoms with Gasteiger partial charge in [0.2, 0.25) is 11.7 Å². The Morgan fingerprint density at radius 3 is 2.56 bits per heavy atom. The first kappa shape index (κ1) is 20.1. The number of ether oxygens (including phenoxy) is 1. The van der Waals surface area contributed by atoms with Gasteiger partial charge in [-0.1, -0.05) is 48.5 Å². The molecular weight excluding hydrogens is 402 g/mol. The summed E-state index contributed by atoms with van der Waals surface area (Å²) in [5, 5.41) is 3.36. The van der Waals surface area contributed by atoms with Crippen molar-refractivity contribution in [3.63, 3.8) is 0 Å². The van der Waals surface area contributed by atoms with Crippen molar-refractivity contribution in [1.29, 1.82) is 0 Å². The van der Waals surface area contributed by atoms with Gasteiger partial charge in [-0.05, 0) is 43.5 Å². The second-order valence-electron chi connectivity index (χ2n) is 7.99. The zero-order chi connectivity index (χ0) is 22.1. The van der Waals surface area contributed by atoms with E-state index in [1.807, 2.05) is 60.1 Å². The van der Waals surface area contributed by atoms with Crippen molar-refractivity contribution in [3.05, 3.63) is 88.3 Å². The second-order valence-corrected chi connectivity index (χ2v) is 7.99. The number of rotatable bonds is 6. The molecule has 5 rings (SSSR count). The largest absolute Gasteiger partial charge is 0.449 e. The van der Waals surface area contributed by atoms with Crippen LogP contribution in [-0.2, 0) is 13.1 Å². The predicted molar refractivity (Wildman–Crippen MR) is 124 cm³/mol. The number of nitrogens with zero attached hydrogens (tertiary/aromatic N) is 4. The van der Waals surface area contributed by atoms with Gasteiger partial charge in [-0.15, -0.1) is 0 Å². The number of aryl methyl sites for hydroxylation is 1. The summed E-state index contributed by atoms with van der Waals surface area (Å²) in [5.74, 6) is 1.48. The number of hydrogen-bond donors (Lipinski definition) is 1. The molecule has 3 heterocycles. The molecule has 4 aromatic rings. The average Bonchev–Trinajstić information content (AvgIpc) is 3.38. The van der Waals surface area contributed by atoms with Crippen LogP contribution in [-0.4, -0.2) is 19.3 Å². The van der Waals surface area contributed by atoms with Crippen LogP contribution >= 0.6 is 0 Å². The van der Waals surface area contributed by atoms with Gasteiger partial charge in [-0.3, -0.25) is 9.48 Å². The van der Waals surface area contributed by atoms with Crippen molar-refractivity contribution in [2.24, 2.45) is 0 Å². The number of aromatic nitrogens is 4. The van der Waals surface area contributed by atoms with Crippen LogP contribution in [0.5, 0.6) is 11.5 Å². The van der Waals surface area contributed by atoms with Crippen LogP contribution in [0.3, 0.4) is 0 Å². The molecule has 1 aliphatic rings. The molecule has 7 nitrogen and oxygen atoms in total. The number of benzene rings is 2. The van der Waals surface area contributed by atoms with Crippen LogP contribution in [0.4, 0.5) is 5.95 Å². The highest BCUT2D eigenvalue weighted by Gasteiger charge is 2.27. The fourth-order valence-corrected chi connectivity index (χ4v) is 4.09. The smallest absolute Gasteiger partial charge is 0.310 e. The molecule has 32 heavy (non-hydrogen) atoms. The molecule has 0 saturated heterocycles. The highest BCUT2D eigenvalue weighted by atomic mass is 16.5. The van der Waals surface area contributed by atoms with E-state index in [-0.39, 0.29) is 11.6 Å². The molecule has 0 bridgehead atoms. The molecule has 7 heteroatoms. The third kappa shape index (κ3) is 3.66. The van der Waals surface area contributed by atoms with Gasteiger partial charge >= 0.3 is 5.56 Å². The molecule has 0 spiro atoms. The lowest BCUT2D eigenvalue weighted by atomic mass is 10.1. The van der Waals surface area contributed by atoms with E-state index in [1.54, 1.807) is 10.9 Å². The van der Waals surface area contributed by atoms with Gasteiger partial charge in [-0.2, -0.15) is 0 Å². The second kappa shape index (κ2) is 8.34. The summed E-state index contributed by atoms with van der Waals surface area (Å²) in [4.78, 5) is 22.3. The topological polar surface area (TPSA) is 74.0 Å². The number of fused-ring (bicyclic) bond motifs is 1. The minimum absolute atomic E-state index is 0.0385. The first-order valence-corrected chi connectivity index (χ1v) is 10.8. The van der Waals surface area contributed by atoms with Crippen LogP contribution in [0.2, 0.25) is 0 Å². The maximum absolute atomic E-state index is 13.2. The van der Waals surface area contributed by atoms with E-state index in [4.69, 9.17) is 9.72 Å². The monoisotopic (exact) mass is 427 g/mol. The standard InChI is InChI=1S/C25H25N5O2/c1-17-9-6-7-12-21(17)32-23-22(29-15-8-16-30(29)24(23)31)20-13-14-26-25(28-20)27-18(2)19-10-4-3-5-11-19/h3-7,9-14,18H,8,15-16H2,1-2H3,(H,26,27,28)/t18-/m0/s1. The maximum Gasteiger partial charge on any atom is 0.310 e. The molecule has 2 aromatic heterocycles. The molecule has 0 unspecified atom stereocenters. The summed E-state index contributed by atoms with van der Waals surface area (Å²) in [7, 11) is 0. The number of nitrogens with one attached hydrogen (secondary N) is 1. The van der Waals surface area contributed by atoms with Gasteiger partial charge in [0, 0.05) is 19.3 Å². The van der Waals surface area contributed by atoms with Crippen molar-refractivity contribution in [3.8, 4) is 22.9 Å². The summed E-state index contributed by atoms with van der Waals surface area (Å²) in [6, 6.07) is 19.7. The van der Waals surface area contributed by atoms with Crippen molar-refractivity contribution in [1.82, 2.24) is 19.3 Å². The molecule has 0 radical (unpaired) electrons. The summed E-state index contributed by atoms with van der Waals surface area (Å²) >= 11 is 0. The lowest BCUT2D eigenvalue weighted by Crippen LogP contribution is -2.17. The number of para-hydroxylation sites is 1. The van der Waals surface area contributed by atoms with Crippen LogP contribution < -0.4 is 15.6 Å². The molecule has 0 fully saturated rings. The summed E-state index contributed by atoms with van der Waals surface area (Å²) in [6.07, 6.45) is 2.62.